The lowest BCUT2D eigenvalue weighted by Gasteiger charge is -1.91. The van der Waals surface area contributed by atoms with Gasteiger partial charge in [0.1, 0.15) is 0 Å². The quantitative estimate of drug-likeness (QED) is 0.601. The molecule has 0 atom stereocenters. The van der Waals surface area contributed by atoms with Crippen LogP contribution in [0.25, 0.3) is 0 Å². The van der Waals surface area contributed by atoms with Crippen molar-refractivity contribution in [3.05, 3.63) is 9.83 Å². The van der Waals surface area contributed by atoms with E-state index in [1.54, 1.807) is 13.0 Å². The molecule has 0 radical (unpaired) electrons. The number of nitrogens with zero attached hydrogens (tertiary/aromatic N) is 1. The molecule has 0 aromatic carbocycles. The fourth-order valence-corrected chi connectivity index (χ4v) is 0.853. The summed E-state index contributed by atoms with van der Waals surface area (Å²) in [5, 5.41) is 3.62. The maximum atomic E-state index is 5.08. The summed E-state index contributed by atoms with van der Waals surface area (Å²) < 4.78 is 10.6. The third-order valence-electron chi connectivity index (χ3n) is 0.929. The van der Waals surface area contributed by atoms with Crippen LogP contribution < -0.4 is 4.74 Å². The van der Waals surface area contributed by atoms with Crippen LogP contribution in [0.5, 0.6) is 5.88 Å². The van der Waals surface area contributed by atoms with E-state index in [1.807, 2.05) is 22.6 Å². The SMILES string of the molecule is CC#CCOc1cc(I)on1. The lowest BCUT2D eigenvalue weighted by molar-refractivity contribution is 0.309. The van der Waals surface area contributed by atoms with Crippen molar-refractivity contribution in [2.75, 3.05) is 6.61 Å². The molecule has 0 fully saturated rings. The molecule has 0 amide bonds. The highest BCUT2D eigenvalue weighted by molar-refractivity contribution is 14.1. The van der Waals surface area contributed by atoms with E-state index in [9.17, 15) is 0 Å². The molecule has 0 saturated carbocycles. The van der Waals surface area contributed by atoms with Gasteiger partial charge in [0.25, 0.3) is 5.88 Å². The third kappa shape index (κ3) is 2.80. The van der Waals surface area contributed by atoms with Gasteiger partial charge in [0.2, 0.25) is 0 Å². The summed E-state index contributed by atoms with van der Waals surface area (Å²) in [5.74, 6) is 5.94. The second kappa shape index (κ2) is 4.23. The van der Waals surface area contributed by atoms with Crippen molar-refractivity contribution in [1.29, 1.82) is 0 Å². The standard InChI is InChI=1S/C7H6INO2/c1-2-3-4-10-7-5-6(8)11-9-7/h5H,4H2,1H3. The fraction of sp³-hybridized carbons (Fsp3) is 0.286. The Bertz CT molecular complexity index is 284. The van der Waals surface area contributed by atoms with Gasteiger partial charge < -0.3 is 9.26 Å². The lowest BCUT2D eigenvalue weighted by Crippen LogP contribution is -1.92. The van der Waals surface area contributed by atoms with E-state index in [4.69, 9.17) is 9.26 Å². The van der Waals surface area contributed by atoms with Gasteiger partial charge in [0.05, 0.1) is 6.07 Å². The van der Waals surface area contributed by atoms with Gasteiger partial charge in [-0.25, -0.2) is 0 Å². The summed E-state index contributed by atoms with van der Waals surface area (Å²) in [6, 6.07) is 1.71. The van der Waals surface area contributed by atoms with Crippen molar-refractivity contribution < 1.29 is 9.26 Å². The van der Waals surface area contributed by atoms with Crippen LogP contribution in [0.2, 0.25) is 0 Å². The second-order valence-electron chi connectivity index (χ2n) is 1.68. The van der Waals surface area contributed by atoms with E-state index in [0.717, 1.165) is 0 Å². The van der Waals surface area contributed by atoms with Crippen molar-refractivity contribution in [3.63, 3.8) is 0 Å². The van der Waals surface area contributed by atoms with Crippen molar-refractivity contribution in [1.82, 2.24) is 5.16 Å². The molecule has 1 aromatic heterocycles. The molecule has 0 N–H and O–H groups in total. The Balaban J connectivity index is 2.43. The van der Waals surface area contributed by atoms with Crippen molar-refractivity contribution in [2.24, 2.45) is 0 Å². The zero-order valence-electron chi connectivity index (χ0n) is 5.93. The van der Waals surface area contributed by atoms with Crippen molar-refractivity contribution in [2.45, 2.75) is 6.92 Å². The van der Waals surface area contributed by atoms with Crippen LogP contribution in [0.3, 0.4) is 0 Å². The van der Waals surface area contributed by atoms with Crippen LogP contribution in [-0.2, 0) is 0 Å². The van der Waals surface area contributed by atoms with Crippen LogP contribution in [-0.4, -0.2) is 11.8 Å². The van der Waals surface area contributed by atoms with Crippen LogP contribution in [0.1, 0.15) is 6.92 Å². The molecule has 11 heavy (non-hydrogen) atoms. The van der Waals surface area contributed by atoms with Crippen molar-refractivity contribution >= 4 is 22.6 Å². The largest absolute Gasteiger partial charge is 0.462 e. The van der Waals surface area contributed by atoms with Gasteiger partial charge in [-0.2, -0.15) is 0 Å². The molecule has 1 aromatic rings. The third-order valence-corrected chi connectivity index (χ3v) is 1.44. The average molecular weight is 263 g/mol. The Labute approximate surface area is 78.2 Å². The van der Waals surface area contributed by atoms with E-state index in [0.29, 0.717) is 16.3 Å². The predicted octanol–water partition coefficient (Wildman–Crippen LogP) is 1.68. The summed E-state index contributed by atoms with van der Waals surface area (Å²) in [7, 11) is 0. The maximum Gasteiger partial charge on any atom is 0.256 e. The summed E-state index contributed by atoms with van der Waals surface area (Å²) in [5.41, 5.74) is 0. The van der Waals surface area contributed by atoms with E-state index in [2.05, 4.69) is 17.0 Å². The number of ether oxygens (including phenoxy) is 1. The van der Waals surface area contributed by atoms with Gasteiger partial charge in [0, 0.05) is 22.6 Å². The highest BCUT2D eigenvalue weighted by atomic mass is 127. The number of halogens is 1. The number of hydrogen-bond acceptors (Lipinski definition) is 3. The molecule has 3 nitrogen and oxygen atoms in total. The van der Waals surface area contributed by atoms with Crippen molar-refractivity contribution in [3.8, 4) is 17.7 Å². The Kier molecular flexibility index (Phi) is 3.23. The summed E-state index contributed by atoms with van der Waals surface area (Å²) in [6.07, 6.45) is 0. The molecule has 1 heterocycles. The molecule has 4 heteroatoms. The lowest BCUT2D eigenvalue weighted by atomic mass is 10.6. The Morgan fingerprint density at radius 1 is 1.82 bits per heavy atom. The summed E-state index contributed by atoms with van der Waals surface area (Å²) >= 11 is 2.02. The van der Waals surface area contributed by atoms with E-state index in [1.165, 1.54) is 0 Å². The minimum Gasteiger partial charge on any atom is -0.462 e. The van der Waals surface area contributed by atoms with E-state index >= 15 is 0 Å². The fourth-order valence-electron chi connectivity index (χ4n) is 0.489. The first-order valence-corrected chi connectivity index (χ1v) is 4.05. The van der Waals surface area contributed by atoms with Gasteiger partial charge in [-0.05, 0) is 12.1 Å². The maximum absolute atomic E-state index is 5.08. The minimum atomic E-state index is 0.360. The van der Waals surface area contributed by atoms with E-state index in [-0.39, 0.29) is 0 Å². The Hall–Kier alpha value is -0.700. The van der Waals surface area contributed by atoms with Crippen LogP contribution >= 0.6 is 22.6 Å². The molecule has 0 unspecified atom stereocenters. The number of aromatic nitrogens is 1. The van der Waals surface area contributed by atoms with Gasteiger partial charge >= 0.3 is 0 Å². The zero-order chi connectivity index (χ0) is 8.10. The molecule has 0 aliphatic rings. The molecular formula is C7H6INO2. The molecule has 0 aliphatic heterocycles. The first kappa shape index (κ1) is 8.40. The topological polar surface area (TPSA) is 35.3 Å². The second-order valence-corrected chi connectivity index (χ2v) is 2.75. The Morgan fingerprint density at radius 3 is 3.18 bits per heavy atom. The molecule has 0 bridgehead atoms. The Morgan fingerprint density at radius 2 is 2.64 bits per heavy atom. The monoisotopic (exact) mass is 263 g/mol. The molecular weight excluding hydrogens is 257 g/mol. The zero-order valence-corrected chi connectivity index (χ0v) is 8.08. The summed E-state index contributed by atoms with van der Waals surface area (Å²) in [4.78, 5) is 0. The normalized spacial score (nSPS) is 8.55. The first-order chi connectivity index (χ1) is 5.33. The van der Waals surface area contributed by atoms with Crippen LogP contribution in [0.15, 0.2) is 10.6 Å². The predicted molar refractivity (Wildman–Crippen MR) is 48.2 cm³/mol. The molecule has 0 aliphatic carbocycles. The van der Waals surface area contributed by atoms with Gasteiger partial charge in [-0.15, -0.1) is 5.92 Å². The van der Waals surface area contributed by atoms with Gasteiger partial charge in [0.15, 0.2) is 10.4 Å². The minimum absolute atomic E-state index is 0.360. The van der Waals surface area contributed by atoms with Gasteiger partial charge in [-0.1, -0.05) is 5.92 Å². The summed E-state index contributed by atoms with van der Waals surface area (Å²) in [6.45, 7) is 2.12. The smallest absolute Gasteiger partial charge is 0.256 e. The van der Waals surface area contributed by atoms with E-state index < -0.39 is 0 Å². The highest BCUT2D eigenvalue weighted by Crippen LogP contribution is 2.12. The average Bonchev–Trinajstić information content (AvgIpc) is 2.37. The van der Waals surface area contributed by atoms with Gasteiger partial charge in [-0.3, -0.25) is 0 Å². The molecule has 1 rings (SSSR count). The first-order valence-electron chi connectivity index (χ1n) is 2.97. The molecule has 58 valence electrons. The molecule has 0 spiro atoms. The van der Waals surface area contributed by atoms with Crippen LogP contribution in [0, 0.1) is 15.6 Å². The number of hydrogen-bond donors (Lipinski definition) is 0. The number of rotatable bonds is 2. The highest BCUT2D eigenvalue weighted by Gasteiger charge is 1.98. The van der Waals surface area contributed by atoms with Crippen LogP contribution in [0.4, 0.5) is 0 Å². The molecule has 0 saturated heterocycles.